The normalized spacial score (nSPS) is 10.4. The van der Waals surface area contributed by atoms with Crippen LogP contribution in [0, 0.1) is 0 Å². The Morgan fingerprint density at radius 3 is 2.64 bits per heavy atom. The van der Waals surface area contributed by atoms with Crippen LogP contribution in [0.5, 0.6) is 0 Å². The van der Waals surface area contributed by atoms with Crippen LogP contribution in [0.1, 0.15) is 12.7 Å². The highest BCUT2D eigenvalue weighted by molar-refractivity contribution is 5.69. The van der Waals surface area contributed by atoms with Crippen LogP contribution in [0.15, 0.2) is 18.5 Å². The molecule has 5 heteroatoms. The van der Waals surface area contributed by atoms with Gasteiger partial charge in [0.2, 0.25) is 0 Å². The largest absolute Gasteiger partial charge is 0.480 e. The molecule has 0 unspecified atom stereocenters. The number of rotatable bonds is 5. The third kappa shape index (κ3) is 3.49. The van der Waals surface area contributed by atoms with Gasteiger partial charge < -0.3 is 5.11 Å². The van der Waals surface area contributed by atoms with Crippen LogP contribution in [0.3, 0.4) is 0 Å². The predicted octanol–water partition coefficient (Wildman–Crippen LogP) is 0.383. The van der Waals surface area contributed by atoms with E-state index in [9.17, 15) is 4.79 Å². The van der Waals surface area contributed by atoms with E-state index in [1.807, 2.05) is 6.92 Å². The second-order valence-corrected chi connectivity index (χ2v) is 2.86. The lowest BCUT2D eigenvalue weighted by Gasteiger charge is -2.16. The van der Waals surface area contributed by atoms with Crippen molar-refractivity contribution < 1.29 is 9.90 Å². The summed E-state index contributed by atoms with van der Waals surface area (Å²) in [5, 5.41) is 8.61. The number of hydrogen-bond donors (Lipinski definition) is 1. The molecule has 1 heterocycles. The molecule has 0 radical (unpaired) electrons. The number of aromatic nitrogens is 2. The highest BCUT2D eigenvalue weighted by atomic mass is 16.4. The molecule has 0 aromatic carbocycles. The Hall–Kier alpha value is -1.49. The molecule has 0 saturated heterocycles. The molecule has 0 fully saturated rings. The lowest BCUT2D eigenvalue weighted by atomic mass is 10.4. The van der Waals surface area contributed by atoms with Gasteiger partial charge >= 0.3 is 5.97 Å². The Balaban J connectivity index is 2.53. The smallest absolute Gasteiger partial charge is 0.317 e. The maximum Gasteiger partial charge on any atom is 0.317 e. The van der Waals surface area contributed by atoms with Crippen molar-refractivity contribution in [2.24, 2.45) is 0 Å². The summed E-state index contributed by atoms with van der Waals surface area (Å²) in [6, 6.07) is 1.73. The Morgan fingerprint density at radius 1 is 1.50 bits per heavy atom. The molecule has 0 atom stereocenters. The van der Waals surface area contributed by atoms with Crippen molar-refractivity contribution in [3.8, 4) is 0 Å². The molecule has 76 valence electrons. The number of nitrogens with zero attached hydrogens (tertiary/aromatic N) is 3. The summed E-state index contributed by atoms with van der Waals surface area (Å²) in [7, 11) is 0. The van der Waals surface area contributed by atoms with Crippen molar-refractivity contribution in [3.05, 3.63) is 24.3 Å². The van der Waals surface area contributed by atoms with Crippen LogP contribution in [0.25, 0.3) is 0 Å². The van der Waals surface area contributed by atoms with E-state index in [4.69, 9.17) is 5.11 Å². The van der Waals surface area contributed by atoms with Crippen molar-refractivity contribution >= 4 is 5.97 Å². The van der Waals surface area contributed by atoms with Crippen molar-refractivity contribution in [1.29, 1.82) is 0 Å². The van der Waals surface area contributed by atoms with Gasteiger partial charge in [-0.1, -0.05) is 6.92 Å². The Labute approximate surface area is 82.4 Å². The molecule has 0 aliphatic rings. The summed E-state index contributed by atoms with van der Waals surface area (Å²) in [6.45, 7) is 3.08. The first-order chi connectivity index (χ1) is 6.72. The van der Waals surface area contributed by atoms with E-state index in [-0.39, 0.29) is 6.54 Å². The lowest BCUT2D eigenvalue weighted by Crippen LogP contribution is -2.29. The van der Waals surface area contributed by atoms with Gasteiger partial charge in [-0.15, -0.1) is 0 Å². The maximum absolute atomic E-state index is 10.5. The quantitative estimate of drug-likeness (QED) is 0.735. The highest BCUT2D eigenvalue weighted by Crippen LogP contribution is 1.96. The zero-order chi connectivity index (χ0) is 10.4. The Bertz CT molecular complexity index is 289. The van der Waals surface area contributed by atoms with E-state index in [2.05, 4.69) is 9.97 Å². The monoisotopic (exact) mass is 195 g/mol. The van der Waals surface area contributed by atoms with Gasteiger partial charge in [-0.3, -0.25) is 9.69 Å². The average molecular weight is 195 g/mol. The number of likely N-dealkylation sites (N-methyl/N-ethyl adjacent to an activating group) is 1. The first kappa shape index (κ1) is 10.6. The standard InChI is InChI=1S/C9H13N3O2/c1-2-12(7-9(13)14)6-8-10-4-3-5-11-8/h3-5H,2,6-7H2,1H3,(H,13,14). The van der Waals surface area contributed by atoms with E-state index in [1.54, 1.807) is 23.4 Å². The third-order valence-corrected chi connectivity index (χ3v) is 1.79. The highest BCUT2D eigenvalue weighted by Gasteiger charge is 2.08. The zero-order valence-corrected chi connectivity index (χ0v) is 8.05. The molecule has 0 aliphatic heterocycles. The third-order valence-electron chi connectivity index (χ3n) is 1.79. The van der Waals surface area contributed by atoms with Gasteiger partial charge in [-0.25, -0.2) is 9.97 Å². The first-order valence-electron chi connectivity index (χ1n) is 4.42. The SMILES string of the molecule is CCN(CC(=O)O)Cc1ncccn1. The molecule has 1 aromatic rings. The van der Waals surface area contributed by atoms with Crippen LogP contribution in [-0.2, 0) is 11.3 Å². The summed E-state index contributed by atoms with van der Waals surface area (Å²) < 4.78 is 0. The topological polar surface area (TPSA) is 66.3 Å². The second-order valence-electron chi connectivity index (χ2n) is 2.86. The van der Waals surface area contributed by atoms with Crippen LogP contribution < -0.4 is 0 Å². The molecule has 1 aromatic heterocycles. The van der Waals surface area contributed by atoms with Crippen molar-refractivity contribution in [2.75, 3.05) is 13.1 Å². The van der Waals surface area contributed by atoms with E-state index < -0.39 is 5.97 Å². The fourth-order valence-corrected chi connectivity index (χ4v) is 1.08. The Kier molecular flexibility index (Phi) is 4.00. The molecule has 0 saturated carbocycles. The van der Waals surface area contributed by atoms with Gasteiger partial charge in [0.25, 0.3) is 0 Å². The fourth-order valence-electron chi connectivity index (χ4n) is 1.08. The van der Waals surface area contributed by atoms with Gasteiger partial charge in [0.05, 0.1) is 13.1 Å². The van der Waals surface area contributed by atoms with Crippen LogP contribution in [0.4, 0.5) is 0 Å². The molecule has 1 rings (SSSR count). The predicted molar refractivity (Wildman–Crippen MR) is 50.6 cm³/mol. The minimum absolute atomic E-state index is 0.0226. The molecule has 5 nitrogen and oxygen atoms in total. The number of carboxylic acid groups (broad SMARTS) is 1. The summed E-state index contributed by atoms with van der Waals surface area (Å²) in [5.74, 6) is -0.182. The van der Waals surface area contributed by atoms with Crippen molar-refractivity contribution in [3.63, 3.8) is 0 Å². The number of aliphatic carboxylic acids is 1. The molecule has 0 bridgehead atoms. The van der Waals surface area contributed by atoms with Crippen LogP contribution in [0.2, 0.25) is 0 Å². The number of carboxylic acids is 1. The van der Waals surface area contributed by atoms with E-state index >= 15 is 0 Å². The summed E-state index contributed by atoms with van der Waals surface area (Å²) in [4.78, 5) is 20.3. The minimum Gasteiger partial charge on any atom is -0.480 e. The summed E-state index contributed by atoms with van der Waals surface area (Å²) in [6.07, 6.45) is 3.30. The lowest BCUT2D eigenvalue weighted by molar-refractivity contribution is -0.138. The fraction of sp³-hybridized carbons (Fsp3) is 0.444. The van der Waals surface area contributed by atoms with E-state index in [1.165, 1.54) is 0 Å². The average Bonchev–Trinajstić information content (AvgIpc) is 2.17. The van der Waals surface area contributed by atoms with Crippen LogP contribution >= 0.6 is 0 Å². The van der Waals surface area contributed by atoms with Gasteiger partial charge in [-0.05, 0) is 12.6 Å². The number of hydrogen-bond acceptors (Lipinski definition) is 4. The minimum atomic E-state index is -0.831. The number of carbonyl (C=O) groups is 1. The summed E-state index contributed by atoms with van der Waals surface area (Å²) in [5.41, 5.74) is 0. The zero-order valence-electron chi connectivity index (χ0n) is 8.05. The van der Waals surface area contributed by atoms with Gasteiger partial charge in [0.1, 0.15) is 5.82 Å². The molecule has 14 heavy (non-hydrogen) atoms. The van der Waals surface area contributed by atoms with Crippen LogP contribution in [-0.4, -0.2) is 39.0 Å². The second kappa shape index (κ2) is 5.29. The maximum atomic E-state index is 10.5. The summed E-state index contributed by atoms with van der Waals surface area (Å²) >= 11 is 0. The van der Waals surface area contributed by atoms with Gasteiger partial charge in [0, 0.05) is 12.4 Å². The van der Waals surface area contributed by atoms with Gasteiger partial charge in [-0.2, -0.15) is 0 Å². The molecule has 0 amide bonds. The molecule has 0 aliphatic carbocycles. The molecule has 0 spiro atoms. The van der Waals surface area contributed by atoms with Crippen molar-refractivity contribution in [2.45, 2.75) is 13.5 Å². The Morgan fingerprint density at radius 2 is 2.14 bits per heavy atom. The first-order valence-corrected chi connectivity index (χ1v) is 4.42. The van der Waals surface area contributed by atoms with Gasteiger partial charge in [0.15, 0.2) is 0 Å². The molecular formula is C9H13N3O2. The van der Waals surface area contributed by atoms with E-state index in [0.717, 1.165) is 0 Å². The van der Waals surface area contributed by atoms with E-state index in [0.29, 0.717) is 18.9 Å². The molecule has 1 N–H and O–H groups in total. The van der Waals surface area contributed by atoms with Crippen molar-refractivity contribution in [1.82, 2.24) is 14.9 Å². The molecular weight excluding hydrogens is 182 g/mol.